The lowest BCUT2D eigenvalue weighted by molar-refractivity contribution is 0.150. The Balaban J connectivity index is 1.22. The van der Waals surface area contributed by atoms with Crippen LogP contribution >= 0.6 is 0 Å². The molecule has 0 saturated carbocycles. The summed E-state index contributed by atoms with van der Waals surface area (Å²) in [5.41, 5.74) is 9.90. The normalized spacial score (nSPS) is 11.9. The number of carbonyl (C=O) groups is 2. The fourth-order valence-corrected chi connectivity index (χ4v) is 6.35. The molecule has 5 rings (SSSR count). The molecule has 53 heavy (non-hydrogen) atoms. The maximum Gasteiger partial charge on any atom is 0.519 e. The highest BCUT2D eigenvalue weighted by molar-refractivity contribution is 5.69. The Morgan fingerprint density at radius 2 is 0.698 bits per heavy atom. The Bertz CT molecular complexity index is 2150. The fourth-order valence-electron chi connectivity index (χ4n) is 6.35. The van der Waals surface area contributed by atoms with Gasteiger partial charge < -0.3 is 18.9 Å². The van der Waals surface area contributed by atoms with Gasteiger partial charge in [0, 0.05) is 10.8 Å². The van der Waals surface area contributed by atoms with Gasteiger partial charge in [-0.2, -0.15) is 0 Å². The number of hydrogen-bond donors (Lipinski definition) is 0. The highest BCUT2D eigenvalue weighted by atomic mass is 16.7. The van der Waals surface area contributed by atoms with Crippen LogP contribution in [0.4, 0.5) is 9.59 Å². The zero-order valence-electron chi connectivity index (χ0n) is 33.2. The average molecular weight is 713 g/mol. The molecule has 0 saturated heterocycles. The van der Waals surface area contributed by atoms with Crippen molar-refractivity contribution in [1.29, 1.82) is 0 Å². The molecule has 0 aromatic heterocycles. The van der Waals surface area contributed by atoms with Crippen molar-refractivity contribution in [3.05, 3.63) is 153 Å². The van der Waals surface area contributed by atoms with Crippen molar-refractivity contribution in [2.24, 2.45) is 0 Å². The SMILES string of the molecule is Cc1ccc(C(C)(C)c2ccc(OC(=O)Oc3ccc(C(C)(C)c4ccc(OC(=O)Oc5ccc(C(C)(C)C)cc5)c(C)c4)cc3C)c(C)c2)cc1C. The Kier molecular flexibility index (Phi) is 11.0. The number of rotatable bonds is 8. The molecule has 0 fully saturated rings. The molecular formula is C47H52O6. The molecular weight excluding hydrogens is 661 g/mol. The number of benzene rings is 5. The van der Waals surface area contributed by atoms with Gasteiger partial charge in [0.25, 0.3) is 0 Å². The number of aryl methyl sites for hydroxylation is 5. The first kappa shape index (κ1) is 38.9. The van der Waals surface area contributed by atoms with Gasteiger partial charge in [0.15, 0.2) is 0 Å². The molecule has 0 N–H and O–H groups in total. The molecule has 5 aromatic rings. The maximum absolute atomic E-state index is 13.0. The van der Waals surface area contributed by atoms with Crippen LogP contribution in [-0.2, 0) is 16.2 Å². The largest absolute Gasteiger partial charge is 0.519 e. The first-order chi connectivity index (χ1) is 24.7. The zero-order valence-corrected chi connectivity index (χ0v) is 33.2. The van der Waals surface area contributed by atoms with Gasteiger partial charge in [-0.25, -0.2) is 9.59 Å². The highest BCUT2D eigenvalue weighted by Gasteiger charge is 2.27. The van der Waals surface area contributed by atoms with E-state index in [1.165, 1.54) is 16.7 Å². The first-order valence-electron chi connectivity index (χ1n) is 18.1. The van der Waals surface area contributed by atoms with E-state index in [0.717, 1.165) is 38.9 Å². The molecule has 0 amide bonds. The van der Waals surface area contributed by atoms with E-state index in [1.54, 1.807) is 24.3 Å². The fraction of sp³-hybridized carbons (Fsp3) is 0.319. The summed E-state index contributed by atoms with van der Waals surface area (Å²) in [7, 11) is 0. The number of carbonyl (C=O) groups excluding carboxylic acids is 2. The van der Waals surface area contributed by atoms with E-state index in [0.29, 0.717) is 23.0 Å². The third-order valence-electron chi connectivity index (χ3n) is 10.4. The van der Waals surface area contributed by atoms with Gasteiger partial charge in [0.05, 0.1) is 0 Å². The summed E-state index contributed by atoms with van der Waals surface area (Å²) in [6.07, 6.45) is -1.59. The summed E-state index contributed by atoms with van der Waals surface area (Å²) in [4.78, 5) is 25.6. The molecule has 0 spiro atoms. The van der Waals surface area contributed by atoms with Crippen molar-refractivity contribution in [2.45, 2.75) is 99.3 Å². The number of hydrogen-bond acceptors (Lipinski definition) is 6. The second-order valence-corrected chi connectivity index (χ2v) is 16.2. The lowest BCUT2D eigenvalue weighted by Gasteiger charge is -2.28. The third-order valence-corrected chi connectivity index (χ3v) is 10.4. The Morgan fingerprint density at radius 3 is 1.04 bits per heavy atom. The molecule has 0 aliphatic rings. The lowest BCUT2D eigenvalue weighted by Crippen LogP contribution is -2.21. The summed E-state index contributed by atoms with van der Waals surface area (Å²) in [6, 6.07) is 31.4. The molecule has 0 aliphatic carbocycles. The van der Waals surface area contributed by atoms with Crippen LogP contribution in [-0.4, -0.2) is 12.3 Å². The van der Waals surface area contributed by atoms with Gasteiger partial charge in [-0.1, -0.05) is 115 Å². The van der Waals surface area contributed by atoms with Crippen LogP contribution in [0.15, 0.2) is 97.1 Å². The minimum Gasteiger partial charge on any atom is -0.395 e. The van der Waals surface area contributed by atoms with Gasteiger partial charge in [-0.3, -0.25) is 0 Å². The zero-order chi connectivity index (χ0) is 38.9. The van der Waals surface area contributed by atoms with Crippen LogP contribution in [0.25, 0.3) is 0 Å². The monoisotopic (exact) mass is 712 g/mol. The predicted molar refractivity (Wildman–Crippen MR) is 212 cm³/mol. The summed E-state index contributed by atoms with van der Waals surface area (Å²) < 4.78 is 22.4. The molecule has 6 heteroatoms. The summed E-state index contributed by atoms with van der Waals surface area (Å²) >= 11 is 0. The predicted octanol–water partition coefficient (Wildman–Crippen LogP) is 12.3. The van der Waals surface area contributed by atoms with Crippen molar-refractivity contribution < 1.29 is 28.5 Å². The highest BCUT2D eigenvalue weighted by Crippen LogP contribution is 2.37. The Labute approximate surface area is 315 Å². The van der Waals surface area contributed by atoms with E-state index in [9.17, 15) is 9.59 Å². The van der Waals surface area contributed by atoms with E-state index in [1.807, 2.05) is 69.3 Å². The lowest BCUT2D eigenvalue weighted by atomic mass is 9.77. The molecule has 0 radical (unpaired) electrons. The average Bonchev–Trinajstić information content (AvgIpc) is 3.08. The number of ether oxygens (including phenoxy) is 4. The van der Waals surface area contributed by atoms with Crippen LogP contribution in [0.5, 0.6) is 23.0 Å². The Hall–Kier alpha value is -5.36. The smallest absolute Gasteiger partial charge is 0.395 e. The van der Waals surface area contributed by atoms with E-state index in [-0.39, 0.29) is 10.8 Å². The van der Waals surface area contributed by atoms with Crippen molar-refractivity contribution in [3.8, 4) is 23.0 Å². The van der Waals surface area contributed by atoms with Crippen LogP contribution in [0, 0.1) is 34.6 Å². The van der Waals surface area contributed by atoms with Gasteiger partial charge in [0.1, 0.15) is 23.0 Å². The molecule has 0 heterocycles. The van der Waals surface area contributed by atoms with Gasteiger partial charge >= 0.3 is 12.3 Å². The summed E-state index contributed by atoms with van der Waals surface area (Å²) in [5.74, 6) is 1.73. The molecule has 0 unspecified atom stereocenters. The minimum absolute atomic E-state index is 0.00188. The maximum atomic E-state index is 13.0. The van der Waals surface area contributed by atoms with E-state index in [4.69, 9.17) is 18.9 Å². The molecule has 5 aromatic carbocycles. The Morgan fingerprint density at radius 1 is 0.377 bits per heavy atom. The van der Waals surface area contributed by atoms with Gasteiger partial charge in [-0.05, 0) is 126 Å². The van der Waals surface area contributed by atoms with Gasteiger partial charge in [0.2, 0.25) is 0 Å². The van der Waals surface area contributed by atoms with Crippen LogP contribution in [0.2, 0.25) is 0 Å². The topological polar surface area (TPSA) is 71.1 Å². The second-order valence-electron chi connectivity index (χ2n) is 16.2. The minimum atomic E-state index is -0.795. The standard InChI is InChI=1S/C47H52O6/c1-29-13-14-35(25-30(29)2)46(9,10)36-18-23-41(32(4)27-36)52-44(49)53-42-24-19-38(28-33(42)5)47(11,12)37-17-22-40(31(3)26-37)51-43(48)50-39-20-15-34(16-21-39)45(6,7)8/h13-28H,1-12H3. The molecule has 0 bridgehead atoms. The van der Waals surface area contributed by atoms with Crippen molar-refractivity contribution >= 4 is 12.3 Å². The molecule has 0 atom stereocenters. The van der Waals surface area contributed by atoms with E-state index in [2.05, 4.69) is 86.6 Å². The van der Waals surface area contributed by atoms with Crippen molar-refractivity contribution in [3.63, 3.8) is 0 Å². The quantitative estimate of drug-likeness (QED) is 0.118. The van der Waals surface area contributed by atoms with E-state index >= 15 is 0 Å². The van der Waals surface area contributed by atoms with Crippen molar-refractivity contribution in [2.75, 3.05) is 0 Å². The van der Waals surface area contributed by atoms with Crippen molar-refractivity contribution in [1.82, 2.24) is 0 Å². The van der Waals surface area contributed by atoms with E-state index < -0.39 is 17.7 Å². The summed E-state index contributed by atoms with van der Waals surface area (Å²) in [6.45, 7) is 25.0. The first-order valence-corrected chi connectivity index (χ1v) is 18.1. The molecule has 0 aliphatic heterocycles. The van der Waals surface area contributed by atoms with Gasteiger partial charge in [-0.15, -0.1) is 0 Å². The third kappa shape index (κ3) is 8.82. The summed E-state index contributed by atoms with van der Waals surface area (Å²) in [5, 5.41) is 0. The molecule has 276 valence electrons. The van der Waals surface area contributed by atoms with Crippen LogP contribution < -0.4 is 18.9 Å². The van der Waals surface area contributed by atoms with Crippen LogP contribution in [0.1, 0.15) is 104 Å². The molecule has 6 nitrogen and oxygen atoms in total. The van der Waals surface area contributed by atoms with Crippen LogP contribution in [0.3, 0.4) is 0 Å². The second kappa shape index (κ2) is 14.9.